The highest BCUT2D eigenvalue weighted by Gasteiger charge is 2.04. The Kier molecular flexibility index (Phi) is 9.26. The summed E-state index contributed by atoms with van der Waals surface area (Å²) in [5, 5.41) is 2.72. The number of hydrogen-bond acceptors (Lipinski definition) is 3. The molecule has 0 heterocycles. The van der Waals surface area contributed by atoms with Crippen molar-refractivity contribution >= 4 is 21.9 Å². The number of ether oxygens (including phenoxy) is 1. The number of carbonyl (C=O) groups is 1. The Morgan fingerprint density at radius 1 is 1.35 bits per heavy atom. The lowest BCUT2D eigenvalue weighted by atomic mass is 10.2. The van der Waals surface area contributed by atoms with Crippen LogP contribution in [0.1, 0.15) is 18.9 Å². The number of carbonyl (C=O) groups excluding carboxylic acids is 1. The Bertz CT molecular complexity index is 395. The quantitative estimate of drug-likeness (QED) is 0.562. The summed E-state index contributed by atoms with van der Waals surface area (Å²) in [5.74, 6) is 0. The van der Waals surface area contributed by atoms with Crippen molar-refractivity contribution in [3.63, 3.8) is 0 Å². The van der Waals surface area contributed by atoms with Gasteiger partial charge < -0.3 is 10.1 Å². The summed E-state index contributed by atoms with van der Waals surface area (Å²) in [6.07, 6.45) is 4.33. The van der Waals surface area contributed by atoms with Gasteiger partial charge in [-0.3, -0.25) is 0 Å². The minimum absolute atomic E-state index is 0.0655. The van der Waals surface area contributed by atoms with E-state index < -0.39 is 0 Å². The van der Waals surface area contributed by atoms with Crippen LogP contribution in [0, 0.1) is 0 Å². The first-order valence-electron chi connectivity index (χ1n) is 6.88. The standard InChI is InChI=1S/C15H21NO3Si/c1-2-19-20-13-7-11-16-15(17)18-12-6-10-14-8-4-3-5-9-14/h3-6,8-10,20H,2,7,11-13H2,1H3/p+1/b10-6+. The zero-order valence-electron chi connectivity index (χ0n) is 11.9. The molecule has 0 saturated heterocycles. The molecule has 0 saturated carbocycles. The lowest BCUT2D eigenvalue weighted by Crippen LogP contribution is -2.25. The van der Waals surface area contributed by atoms with Crippen LogP contribution in [-0.4, -0.2) is 35.6 Å². The van der Waals surface area contributed by atoms with Crippen molar-refractivity contribution in [1.82, 2.24) is 5.32 Å². The molecule has 1 amide bonds. The zero-order valence-corrected chi connectivity index (χ0v) is 13.0. The fraction of sp³-hybridized carbons (Fsp3) is 0.400. The Morgan fingerprint density at radius 2 is 2.15 bits per heavy atom. The van der Waals surface area contributed by atoms with E-state index in [1.807, 2.05) is 49.4 Å². The first kappa shape index (κ1) is 16.5. The van der Waals surface area contributed by atoms with Gasteiger partial charge in [-0.1, -0.05) is 36.4 Å². The normalized spacial score (nSPS) is 10.4. The summed E-state index contributed by atoms with van der Waals surface area (Å²) in [4.78, 5) is 11.4. The van der Waals surface area contributed by atoms with Crippen molar-refractivity contribution in [2.45, 2.75) is 19.4 Å². The second-order valence-corrected chi connectivity index (χ2v) is 5.35. The summed E-state index contributed by atoms with van der Waals surface area (Å²) < 4.78 is 10.3. The van der Waals surface area contributed by atoms with Crippen LogP contribution in [-0.2, 0) is 9.16 Å². The number of benzene rings is 1. The molecule has 0 aliphatic heterocycles. The van der Waals surface area contributed by atoms with E-state index in [0.29, 0.717) is 6.54 Å². The van der Waals surface area contributed by atoms with Gasteiger partial charge in [0.1, 0.15) is 6.61 Å². The number of rotatable bonds is 9. The summed E-state index contributed by atoms with van der Waals surface area (Å²) in [6.45, 7) is 3.69. The van der Waals surface area contributed by atoms with Gasteiger partial charge in [-0.15, -0.1) is 0 Å². The van der Waals surface area contributed by atoms with Crippen molar-refractivity contribution in [3.8, 4) is 0 Å². The van der Waals surface area contributed by atoms with E-state index in [4.69, 9.17) is 9.16 Å². The lowest BCUT2D eigenvalue weighted by molar-refractivity contribution is 0.158. The van der Waals surface area contributed by atoms with Gasteiger partial charge in [-0.25, -0.2) is 9.22 Å². The molecule has 1 rings (SSSR count). The van der Waals surface area contributed by atoms with Crippen LogP contribution in [0.4, 0.5) is 4.79 Å². The SMILES string of the molecule is CCO[SiH+]CCCNC(=O)OC/C=C/c1ccccc1. The van der Waals surface area contributed by atoms with E-state index >= 15 is 0 Å². The number of alkyl carbamates (subject to hydrolysis) is 1. The highest BCUT2D eigenvalue weighted by Crippen LogP contribution is 2.00. The minimum Gasteiger partial charge on any atom is -0.445 e. The van der Waals surface area contributed by atoms with Gasteiger partial charge in [0.15, 0.2) is 0 Å². The van der Waals surface area contributed by atoms with E-state index in [-0.39, 0.29) is 22.5 Å². The molecular formula is C15H22NO3Si+. The molecule has 0 unspecified atom stereocenters. The van der Waals surface area contributed by atoms with Gasteiger partial charge in [0, 0.05) is 6.54 Å². The molecule has 0 aliphatic carbocycles. The van der Waals surface area contributed by atoms with E-state index in [9.17, 15) is 4.79 Å². The zero-order chi connectivity index (χ0) is 14.5. The van der Waals surface area contributed by atoms with E-state index in [0.717, 1.165) is 24.6 Å². The number of nitrogens with one attached hydrogen (secondary N) is 1. The second kappa shape index (κ2) is 11.3. The van der Waals surface area contributed by atoms with Crippen LogP contribution in [0.15, 0.2) is 36.4 Å². The summed E-state index contributed by atoms with van der Waals surface area (Å²) in [7, 11) is 0.0655. The van der Waals surface area contributed by atoms with Gasteiger partial charge in [0.25, 0.3) is 0 Å². The van der Waals surface area contributed by atoms with Crippen molar-refractivity contribution < 1.29 is 14.0 Å². The molecule has 108 valence electrons. The summed E-state index contributed by atoms with van der Waals surface area (Å²) in [6, 6.07) is 10.9. The number of amides is 1. The molecule has 1 N–H and O–H groups in total. The fourth-order valence-corrected chi connectivity index (χ4v) is 2.27. The molecule has 0 radical (unpaired) electrons. The monoisotopic (exact) mass is 292 g/mol. The van der Waals surface area contributed by atoms with Crippen molar-refractivity contribution in [3.05, 3.63) is 42.0 Å². The Balaban J connectivity index is 2.01. The fourth-order valence-electron chi connectivity index (χ4n) is 1.50. The summed E-state index contributed by atoms with van der Waals surface area (Å²) in [5.41, 5.74) is 1.09. The minimum atomic E-state index is -0.367. The molecule has 1 aromatic rings. The third-order valence-corrected chi connectivity index (χ3v) is 3.69. The first-order valence-corrected chi connectivity index (χ1v) is 8.17. The molecule has 4 nitrogen and oxygen atoms in total. The van der Waals surface area contributed by atoms with Crippen LogP contribution in [0.3, 0.4) is 0 Å². The highest BCUT2D eigenvalue weighted by molar-refractivity contribution is 6.26. The van der Waals surface area contributed by atoms with Crippen LogP contribution in [0.2, 0.25) is 6.04 Å². The average Bonchev–Trinajstić information content (AvgIpc) is 2.48. The molecule has 20 heavy (non-hydrogen) atoms. The molecule has 0 aromatic heterocycles. The van der Waals surface area contributed by atoms with Crippen molar-refractivity contribution in [2.75, 3.05) is 19.8 Å². The molecule has 0 aliphatic rings. The molecular weight excluding hydrogens is 270 g/mol. The Hall–Kier alpha value is -1.59. The average molecular weight is 292 g/mol. The Morgan fingerprint density at radius 3 is 2.90 bits per heavy atom. The highest BCUT2D eigenvalue weighted by atomic mass is 28.2. The third-order valence-electron chi connectivity index (χ3n) is 2.47. The predicted octanol–water partition coefficient (Wildman–Crippen LogP) is 2.62. The van der Waals surface area contributed by atoms with Crippen LogP contribution in [0.5, 0.6) is 0 Å². The topological polar surface area (TPSA) is 47.6 Å². The van der Waals surface area contributed by atoms with Gasteiger partial charge in [0.05, 0.1) is 12.7 Å². The molecule has 0 fully saturated rings. The predicted molar refractivity (Wildman–Crippen MR) is 83.0 cm³/mol. The summed E-state index contributed by atoms with van der Waals surface area (Å²) >= 11 is 0. The van der Waals surface area contributed by atoms with E-state index in [1.54, 1.807) is 0 Å². The second-order valence-electron chi connectivity index (χ2n) is 4.10. The van der Waals surface area contributed by atoms with Crippen LogP contribution < -0.4 is 5.32 Å². The third kappa shape index (κ3) is 8.50. The van der Waals surface area contributed by atoms with Crippen molar-refractivity contribution in [2.24, 2.45) is 0 Å². The van der Waals surface area contributed by atoms with Gasteiger partial charge in [-0.2, -0.15) is 0 Å². The van der Waals surface area contributed by atoms with E-state index in [1.165, 1.54) is 0 Å². The van der Waals surface area contributed by atoms with E-state index in [2.05, 4.69) is 5.32 Å². The maximum absolute atomic E-state index is 11.4. The van der Waals surface area contributed by atoms with Gasteiger partial charge in [-0.05, 0) is 25.0 Å². The lowest BCUT2D eigenvalue weighted by Gasteiger charge is -2.03. The van der Waals surface area contributed by atoms with Crippen molar-refractivity contribution in [1.29, 1.82) is 0 Å². The van der Waals surface area contributed by atoms with Gasteiger partial charge in [0.2, 0.25) is 0 Å². The Labute approximate surface area is 123 Å². The largest absolute Gasteiger partial charge is 0.458 e. The molecule has 0 bridgehead atoms. The molecule has 0 atom stereocenters. The molecule has 5 heteroatoms. The smallest absolute Gasteiger partial charge is 0.445 e. The maximum Gasteiger partial charge on any atom is 0.458 e. The molecule has 0 spiro atoms. The first-order chi connectivity index (χ1) is 9.83. The van der Waals surface area contributed by atoms with Crippen LogP contribution >= 0.6 is 0 Å². The maximum atomic E-state index is 11.4. The molecule has 1 aromatic carbocycles. The van der Waals surface area contributed by atoms with Gasteiger partial charge >= 0.3 is 15.9 Å². The van der Waals surface area contributed by atoms with Crippen LogP contribution in [0.25, 0.3) is 6.08 Å². The number of hydrogen-bond donors (Lipinski definition) is 1.